The van der Waals surface area contributed by atoms with Gasteiger partial charge in [0.15, 0.2) is 0 Å². The highest BCUT2D eigenvalue weighted by Crippen LogP contribution is 2.23. The van der Waals surface area contributed by atoms with E-state index in [1.54, 1.807) is 0 Å². The number of hydrogen-bond acceptors (Lipinski definition) is 5. The third-order valence-electron chi connectivity index (χ3n) is 2.11. The molecule has 106 valence electrons. The highest BCUT2D eigenvalue weighted by atomic mass is 19.4. The standard InChI is InChI=1S/C11H7F3N2O4/c12-11(13,14)20-7-3-1-6(2-4-7)9-16-15-5-8(19-9)10(17)18/h1-5,15H,(H,17,18). The number of ether oxygens (including phenoxy) is 2. The largest absolute Gasteiger partial charge is 0.573 e. The zero-order chi connectivity index (χ0) is 14.8. The summed E-state index contributed by atoms with van der Waals surface area (Å²) in [4.78, 5) is 10.7. The van der Waals surface area contributed by atoms with Crippen LogP contribution in [-0.4, -0.2) is 23.3 Å². The summed E-state index contributed by atoms with van der Waals surface area (Å²) < 4.78 is 44.6. The van der Waals surface area contributed by atoms with Crippen molar-refractivity contribution in [3.05, 3.63) is 41.8 Å². The van der Waals surface area contributed by atoms with Crippen molar-refractivity contribution in [2.75, 3.05) is 0 Å². The van der Waals surface area contributed by atoms with E-state index < -0.39 is 18.1 Å². The summed E-state index contributed by atoms with van der Waals surface area (Å²) >= 11 is 0. The molecule has 1 aliphatic heterocycles. The van der Waals surface area contributed by atoms with Gasteiger partial charge >= 0.3 is 12.3 Å². The van der Waals surface area contributed by atoms with Crippen molar-refractivity contribution in [3.63, 3.8) is 0 Å². The second kappa shape index (κ2) is 5.11. The number of rotatable bonds is 3. The monoisotopic (exact) mass is 288 g/mol. The van der Waals surface area contributed by atoms with E-state index >= 15 is 0 Å². The van der Waals surface area contributed by atoms with Crippen molar-refractivity contribution in [1.29, 1.82) is 0 Å². The molecule has 1 aromatic rings. The number of alkyl halides is 3. The Balaban J connectivity index is 2.11. The molecule has 0 radical (unpaired) electrons. The molecule has 0 saturated carbocycles. The van der Waals surface area contributed by atoms with Gasteiger partial charge in [0.05, 0.1) is 6.20 Å². The van der Waals surface area contributed by atoms with Gasteiger partial charge in [0.2, 0.25) is 11.7 Å². The van der Waals surface area contributed by atoms with Crippen LogP contribution >= 0.6 is 0 Å². The summed E-state index contributed by atoms with van der Waals surface area (Å²) in [5.74, 6) is -2.17. The predicted octanol–water partition coefficient (Wildman–Crippen LogP) is 1.79. The van der Waals surface area contributed by atoms with Crippen LogP contribution in [0.2, 0.25) is 0 Å². The summed E-state index contributed by atoms with van der Waals surface area (Å²) in [5, 5.41) is 12.4. The molecule has 0 unspecified atom stereocenters. The normalized spacial score (nSPS) is 14.6. The zero-order valence-corrected chi connectivity index (χ0v) is 9.64. The Kier molecular flexibility index (Phi) is 3.51. The minimum Gasteiger partial charge on any atom is -0.475 e. The number of benzene rings is 1. The maximum absolute atomic E-state index is 12.0. The topological polar surface area (TPSA) is 80.2 Å². The average Bonchev–Trinajstić information content (AvgIpc) is 2.38. The van der Waals surface area contributed by atoms with Crippen molar-refractivity contribution < 1.29 is 32.5 Å². The van der Waals surface area contributed by atoms with E-state index in [1.165, 1.54) is 12.1 Å². The van der Waals surface area contributed by atoms with Gasteiger partial charge in [0, 0.05) is 5.56 Å². The van der Waals surface area contributed by atoms with E-state index in [0.29, 0.717) is 5.56 Å². The van der Waals surface area contributed by atoms with E-state index in [1.807, 2.05) is 0 Å². The van der Waals surface area contributed by atoms with Crippen LogP contribution in [0.15, 0.2) is 41.3 Å². The molecule has 0 fully saturated rings. The number of hydrogen-bond donors (Lipinski definition) is 2. The molecule has 6 nitrogen and oxygen atoms in total. The van der Waals surface area contributed by atoms with E-state index in [0.717, 1.165) is 18.3 Å². The number of nitrogens with zero attached hydrogens (tertiary/aromatic N) is 1. The van der Waals surface area contributed by atoms with Crippen LogP contribution in [0, 0.1) is 0 Å². The minimum atomic E-state index is -4.78. The number of hydrazone groups is 1. The average molecular weight is 288 g/mol. The maximum atomic E-state index is 12.0. The Morgan fingerprint density at radius 2 is 1.95 bits per heavy atom. The highest BCUT2D eigenvalue weighted by Gasteiger charge is 2.31. The first-order valence-electron chi connectivity index (χ1n) is 5.16. The van der Waals surface area contributed by atoms with E-state index in [2.05, 4.69) is 15.3 Å². The highest BCUT2D eigenvalue weighted by molar-refractivity contribution is 5.98. The molecule has 20 heavy (non-hydrogen) atoms. The molecule has 2 rings (SSSR count). The lowest BCUT2D eigenvalue weighted by Gasteiger charge is -2.14. The molecule has 9 heteroatoms. The van der Waals surface area contributed by atoms with Crippen LogP contribution in [0.5, 0.6) is 5.75 Å². The number of halogens is 3. The molecule has 0 bridgehead atoms. The lowest BCUT2D eigenvalue weighted by molar-refractivity contribution is -0.274. The van der Waals surface area contributed by atoms with Crippen LogP contribution < -0.4 is 10.2 Å². The van der Waals surface area contributed by atoms with Crippen molar-refractivity contribution in [2.45, 2.75) is 6.36 Å². The van der Waals surface area contributed by atoms with Crippen molar-refractivity contribution >= 4 is 11.9 Å². The SMILES string of the molecule is O=C(O)C1=CNN=C(c2ccc(OC(F)(F)F)cc2)O1. The van der Waals surface area contributed by atoms with Gasteiger partial charge in [-0.15, -0.1) is 18.3 Å². The van der Waals surface area contributed by atoms with E-state index in [-0.39, 0.29) is 11.7 Å². The van der Waals surface area contributed by atoms with Gasteiger partial charge in [-0.1, -0.05) is 0 Å². The number of carboxylic acids is 1. The minimum absolute atomic E-state index is 0.0801. The zero-order valence-electron chi connectivity index (χ0n) is 9.64. The van der Waals surface area contributed by atoms with Gasteiger partial charge in [0.25, 0.3) is 0 Å². The third kappa shape index (κ3) is 3.40. The number of aliphatic carboxylic acids is 1. The first-order valence-corrected chi connectivity index (χ1v) is 5.16. The number of carboxylic acid groups (broad SMARTS) is 1. The van der Waals surface area contributed by atoms with E-state index in [4.69, 9.17) is 9.84 Å². The fourth-order valence-electron chi connectivity index (χ4n) is 1.33. The summed E-state index contributed by atoms with van der Waals surface area (Å²) in [6.07, 6.45) is -3.74. The second-order valence-corrected chi connectivity index (χ2v) is 3.53. The van der Waals surface area contributed by atoms with Crippen LogP contribution in [0.3, 0.4) is 0 Å². The third-order valence-corrected chi connectivity index (χ3v) is 2.11. The first kappa shape index (κ1) is 13.7. The van der Waals surface area contributed by atoms with Crippen LogP contribution in [0.4, 0.5) is 13.2 Å². The van der Waals surface area contributed by atoms with Crippen LogP contribution in [-0.2, 0) is 9.53 Å². The van der Waals surface area contributed by atoms with Gasteiger partial charge in [-0.3, -0.25) is 5.43 Å². The Bertz CT molecular complexity index is 578. The molecule has 2 N–H and O–H groups in total. The van der Waals surface area contributed by atoms with Crippen LogP contribution in [0.1, 0.15) is 5.56 Å². The first-order chi connectivity index (χ1) is 9.35. The summed E-state index contributed by atoms with van der Waals surface area (Å²) in [7, 11) is 0. The molecular formula is C11H7F3N2O4. The van der Waals surface area contributed by atoms with Gasteiger partial charge < -0.3 is 14.6 Å². The number of nitrogens with one attached hydrogen (secondary N) is 1. The van der Waals surface area contributed by atoms with Crippen molar-refractivity contribution in [2.24, 2.45) is 5.10 Å². The predicted molar refractivity (Wildman–Crippen MR) is 59.6 cm³/mol. The maximum Gasteiger partial charge on any atom is 0.573 e. The van der Waals surface area contributed by atoms with Gasteiger partial charge in [-0.2, -0.15) is 0 Å². The molecular weight excluding hydrogens is 281 g/mol. The Hall–Kier alpha value is -2.71. The molecule has 0 amide bonds. The lowest BCUT2D eigenvalue weighted by atomic mass is 10.2. The molecule has 0 spiro atoms. The quantitative estimate of drug-likeness (QED) is 0.886. The molecule has 1 heterocycles. The van der Waals surface area contributed by atoms with Gasteiger partial charge in [-0.05, 0) is 24.3 Å². The second-order valence-electron chi connectivity index (χ2n) is 3.53. The van der Waals surface area contributed by atoms with Gasteiger partial charge in [-0.25, -0.2) is 4.79 Å². The van der Waals surface area contributed by atoms with Crippen LogP contribution in [0.25, 0.3) is 0 Å². The Morgan fingerprint density at radius 3 is 2.50 bits per heavy atom. The van der Waals surface area contributed by atoms with Gasteiger partial charge in [0.1, 0.15) is 5.75 Å². The molecule has 0 aromatic heterocycles. The van der Waals surface area contributed by atoms with E-state index in [9.17, 15) is 18.0 Å². The summed E-state index contributed by atoms with van der Waals surface area (Å²) in [6.45, 7) is 0. The molecule has 0 saturated heterocycles. The lowest BCUT2D eigenvalue weighted by Crippen LogP contribution is -2.21. The Labute approximate surface area is 110 Å². The van der Waals surface area contributed by atoms with Crippen molar-refractivity contribution in [3.8, 4) is 5.75 Å². The molecule has 0 aliphatic carbocycles. The van der Waals surface area contributed by atoms with Crippen molar-refractivity contribution in [1.82, 2.24) is 5.43 Å². The Morgan fingerprint density at radius 1 is 1.30 bits per heavy atom. The fourth-order valence-corrected chi connectivity index (χ4v) is 1.33. The molecule has 1 aliphatic rings. The molecule has 0 atom stereocenters. The fraction of sp³-hybridized carbons (Fsp3) is 0.0909. The summed E-state index contributed by atoms with van der Waals surface area (Å²) in [6, 6.07) is 4.64. The number of carbonyl (C=O) groups is 1. The molecule has 1 aromatic carbocycles. The summed E-state index contributed by atoms with van der Waals surface area (Å²) in [5.41, 5.74) is 2.62. The smallest absolute Gasteiger partial charge is 0.475 e.